The van der Waals surface area contributed by atoms with Gasteiger partial charge in [0.25, 0.3) is 0 Å². The van der Waals surface area contributed by atoms with Crippen LogP contribution < -0.4 is 4.74 Å². The van der Waals surface area contributed by atoms with Crippen molar-refractivity contribution in [3.63, 3.8) is 0 Å². The Morgan fingerprint density at radius 2 is 2.00 bits per heavy atom. The van der Waals surface area contributed by atoms with Crippen LogP contribution in [0.3, 0.4) is 0 Å². The molecule has 1 aliphatic carbocycles. The lowest BCUT2D eigenvalue weighted by Gasteiger charge is -2.32. The summed E-state index contributed by atoms with van der Waals surface area (Å²) in [6, 6.07) is 8.71. The summed E-state index contributed by atoms with van der Waals surface area (Å²) in [5.41, 5.74) is 3.02. The molecule has 1 aromatic heterocycles. The molecule has 0 bridgehead atoms. The number of rotatable bonds is 3. The summed E-state index contributed by atoms with van der Waals surface area (Å²) < 4.78 is 17.2. The minimum absolute atomic E-state index is 0.0765. The number of aromatic nitrogens is 1. The number of phenolic OH excluding ortho intramolecular Hbond substituents is 1. The number of ether oxygens (including phenoxy) is 3. The summed E-state index contributed by atoms with van der Waals surface area (Å²) in [6.07, 6.45) is -0.231. The van der Waals surface area contributed by atoms with Crippen molar-refractivity contribution in [3.8, 4) is 11.5 Å². The number of carbonyl (C=O) groups is 1. The molecular weight excluding hydrogens is 418 g/mol. The van der Waals surface area contributed by atoms with Gasteiger partial charge in [-0.15, -0.1) is 0 Å². The lowest BCUT2D eigenvalue weighted by atomic mass is 9.71. The highest BCUT2D eigenvalue weighted by molar-refractivity contribution is 6.31. The average molecular weight is 442 g/mol. The van der Waals surface area contributed by atoms with Crippen LogP contribution in [0.2, 0.25) is 5.02 Å². The summed E-state index contributed by atoms with van der Waals surface area (Å²) in [6.45, 7) is 8.45. The van der Waals surface area contributed by atoms with Gasteiger partial charge in [-0.25, -0.2) is 0 Å². The molecule has 1 aliphatic heterocycles. The molecule has 162 valence electrons. The topological polar surface area (TPSA) is 80.8 Å². The first-order chi connectivity index (χ1) is 14.6. The highest BCUT2D eigenvalue weighted by Gasteiger charge is 2.41. The van der Waals surface area contributed by atoms with Crippen LogP contribution in [0.4, 0.5) is 0 Å². The number of benzene rings is 2. The second-order valence-electron chi connectivity index (χ2n) is 9.15. The molecule has 3 aromatic rings. The number of aromatic amines is 1. The molecule has 1 fully saturated rings. The van der Waals surface area contributed by atoms with Gasteiger partial charge in [-0.05, 0) is 43.7 Å². The Labute approximate surface area is 185 Å². The molecular formula is C24H24ClNO5. The van der Waals surface area contributed by atoms with Crippen LogP contribution in [0, 0.1) is 0 Å². The second kappa shape index (κ2) is 6.73. The molecule has 6 nitrogen and oxygen atoms in total. The number of H-pyrrole nitrogens is 1. The van der Waals surface area contributed by atoms with Gasteiger partial charge < -0.3 is 24.3 Å². The van der Waals surface area contributed by atoms with E-state index >= 15 is 0 Å². The zero-order chi connectivity index (χ0) is 22.1. The summed E-state index contributed by atoms with van der Waals surface area (Å²) in [7, 11) is 0. The standard InChI is InChI=1S/C24H24ClNO5/c1-23(2)16-9-19(29-10-13-11-30-24(3,4)31-13)18(27)8-15(16)21(28)20-14-6-5-12(25)7-17(14)26-22(20)23/h5-9,13,26-27H,10-11H2,1-4H3/t13-/m0/s1. The molecule has 2 heterocycles. The molecule has 7 heteroatoms. The summed E-state index contributed by atoms with van der Waals surface area (Å²) in [4.78, 5) is 16.8. The van der Waals surface area contributed by atoms with Gasteiger partial charge in [0.1, 0.15) is 12.7 Å². The number of nitrogens with one attached hydrogen (secondary N) is 1. The number of phenols is 1. The zero-order valence-corrected chi connectivity index (χ0v) is 18.6. The van der Waals surface area contributed by atoms with E-state index in [1.165, 1.54) is 6.07 Å². The summed E-state index contributed by atoms with van der Waals surface area (Å²) in [5.74, 6) is -0.535. The minimum atomic E-state index is -0.644. The van der Waals surface area contributed by atoms with E-state index in [9.17, 15) is 9.90 Å². The first-order valence-corrected chi connectivity index (χ1v) is 10.6. The molecule has 1 atom stereocenters. The lowest BCUT2D eigenvalue weighted by molar-refractivity contribution is -0.141. The zero-order valence-electron chi connectivity index (χ0n) is 17.8. The summed E-state index contributed by atoms with van der Waals surface area (Å²) >= 11 is 6.15. The monoisotopic (exact) mass is 441 g/mol. The van der Waals surface area contributed by atoms with E-state index in [-0.39, 0.29) is 24.2 Å². The second-order valence-corrected chi connectivity index (χ2v) is 9.58. The lowest BCUT2D eigenvalue weighted by Crippen LogP contribution is -2.30. The minimum Gasteiger partial charge on any atom is -0.504 e. The molecule has 5 rings (SSSR count). The fourth-order valence-corrected chi connectivity index (χ4v) is 4.73. The van der Waals surface area contributed by atoms with Crippen molar-refractivity contribution >= 4 is 28.3 Å². The van der Waals surface area contributed by atoms with Crippen LogP contribution in [0.1, 0.15) is 54.9 Å². The van der Waals surface area contributed by atoms with Gasteiger partial charge in [0, 0.05) is 32.6 Å². The van der Waals surface area contributed by atoms with Crippen molar-refractivity contribution in [2.45, 2.75) is 45.0 Å². The van der Waals surface area contributed by atoms with Crippen LogP contribution in [-0.2, 0) is 14.9 Å². The van der Waals surface area contributed by atoms with Crippen molar-refractivity contribution in [3.05, 3.63) is 57.7 Å². The maximum atomic E-state index is 13.4. The van der Waals surface area contributed by atoms with Gasteiger partial charge in [0.05, 0.1) is 12.2 Å². The smallest absolute Gasteiger partial charge is 0.195 e. The Morgan fingerprint density at radius 1 is 1.23 bits per heavy atom. The number of aromatic hydroxyl groups is 1. The number of hydrogen-bond acceptors (Lipinski definition) is 5. The molecule has 0 spiro atoms. The Morgan fingerprint density at radius 3 is 2.71 bits per heavy atom. The number of ketones is 1. The number of halogens is 1. The fraction of sp³-hybridized carbons (Fsp3) is 0.375. The first-order valence-electron chi connectivity index (χ1n) is 10.3. The SMILES string of the molecule is CC1(C)OC[C@H](COc2cc3c(cc2O)C(=O)c2c([nH]c4cc(Cl)ccc24)C3(C)C)O1. The predicted molar refractivity (Wildman–Crippen MR) is 117 cm³/mol. The van der Waals surface area contributed by atoms with E-state index in [4.69, 9.17) is 25.8 Å². The third-order valence-electron chi connectivity index (χ3n) is 6.12. The molecule has 1 saturated heterocycles. The molecule has 31 heavy (non-hydrogen) atoms. The van der Waals surface area contributed by atoms with Crippen LogP contribution in [0.5, 0.6) is 11.5 Å². The number of carbonyl (C=O) groups excluding carboxylic acids is 1. The molecule has 0 saturated carbocycles. The fourth-order valence-electron chi connectivity index (χ4n) is 4.56. The van der Waals surface area contributed by atoms with Crippen molar-refractivity contribution in [2.24, 2.45) is 0 Å². The van der Waals surface area contributed by atoms with Gasteiger partial charge in [-0.3, -0.25) is 4.79 Å². The average Bonchev–Trinajstić information content (AvgIpc) is 3.25. The molecule has 2 N–H and O–H groups in total. The van der Waals surface area contributed by atoms with Crippen LogP contribution in [0.15, 0.2) is 30.3 Å². The molecule has 0 radical (unpaired) electrons. The van der Waals surface area contributed by atoms with Crippen molar-refractivity contribution in [1.29, 1.82) is 0 Å². The largest absolute Gasteiger partial charge is 0.504 e. The van der Waals surface area contributed by atoms with Crippen molar-refractivity contribution in [2.75, 3.05) is 13.2 Å². The van der Waals surface area contributed by atoms with Crippen molar-refractivity contribution in [1.82, 2.24) is 4.98 Å². The van der Waals surface area contributed by atoms with Gasteiger partial charge in [0.15, 0.2) is 23.1 Å². The molecule has 0 amide bonds. The van der Waals surface area contributed by atoms with E-state index in [1.807, 2.05) is 39.8 Å². The maximum Gasteiger partial charge on any atom is 0.195 e. The Hall–Kier alpha value is -2.54. The molecule has 0 unspecified atom stereocenters. The molecule has 2 aromatic carbocycles. The Bertz CT molecular complexity index is 1230. The quantitative estimate of drug-likeness (QED) is 0.602. The Kier molecular flexibility index (Phi) is 4.42. The van der Waals surface area contributed by atoms with E-state index in [0.29, 0.717) is 28.5 Å². The first kappa shape index (κ1) is 20.4. The highest BCUT2D eigenvalue weighted by Crippen LogP contribution is 2.47. The van der Waals surface area contributed by atoms with E-state index in [1.54, 1.807) is 12.1 Å². The molecule has 2 aliphatic rings. The van der Waals surface area contributed by atoms with E-state index in [2.05, 4.69) is 4.98 Å². The van der Waals surface area contributed by atoms with Crippen LogP contribution >= 0.6 is 11.6 Å². The van der Waals surface area contributed by atoms with E-state index in [0.717, 1.165) is 22.2 Å². The number of fused-ring (bicyclic) bond motifs is 4. The van der Waals surface area contributed by atoms with Gasteiger partial charge in [-0.2, -0.15) is 0 Å². The third-order valence-corrected chi connectivity index (χ3v) is 6.36. The van der Waals surface area contributed by atoms with Gasteiger partial charge >= 0.3 is 0 Å². The highest BCUT2D eigenvalue weighted by atomic mass is 35.5. The van der Waals surface area contributed by atoms with Gasteiger partial charge in [-0.1, -0.05) is 31.5 Å². The van der Waals surface area contributed by atoms with E-state index < -0.39 is 11.2 Å². The maximum absolute atomic E-state index is 13.4. The normalized spacial score (nSPS) is 21.2. The van der Waals surface area contributed by atoms with Crippen LogP contribution in [-0.4, -0.2) is 41.0 Å². The van der Waals surface area contributed by atoms with Gasteiger partial charge in [0.2, 0.25) is 0 Å². The van der Waals surface area contributed by atoms with Crippen LogP contribution in [0.25, 0.3) is 10.9 Å². The Balaban J connectivity index is 1.54. The summed E-state index contributed by atoms with van der Waals surface area (Å²) in [5, 5.41) is 12.0. The van der Waals surface area contributed by atoms with Crippen molar-refractivity contribution < 1.29 is 24.1 Å². The number of hydrogen-bond donors (Lipinski definition) is 2. The third kappa shape index (κ3) is 3.21. The predicted octanol–water partition coefficient (Wildman–Crippen LogP) is 4.93.